The second-order valence-electron chi connectivity index (χ2n) is 3.62. The lowest BCUT2D eigenvalue weighted by Gasteiger charge is -2.00. The van der Waals surface area contributed by atoms with E-state index < -0.39 is 6.09 Å². The van der Waals surface area contributed by atoms with E-state index >= 15 is 0 Å². The van der Waals surface area contributed by atoms with Crippen LogP contribution in [0.5, 0.6) is 5.95 Å². The van der Waals surface area contributed by atoms with Gasteiger partial charge in [0.2, 0.25) is 0 Å². The number of carbonyl (C=O) groups is 1. The van der Waals surface area contributed by atoms with Gasteiger partial charge in [0.05, 0.1) is 11.6 Å². The molecule has 0 bridgehead atoms. The van der Waals surface area contributed by atoms with Gasteiger partial charge in [0.25, 0.3) is 5.95 Å². The number of aromatic nitrogens is 1. The Morgan fingerprint density at radius 3 is 3.05 bits per heavy atom. The van der Waals surface area contributed by atoms with Gasteiger partial charge in [0, 0.05) is 10.5 Å². The van der Waals surface area contributed by atoms with E-state index in [1.165, 1.54) is 12.3 Å². The first-order valence-electron chi connectivity index (χ1n) is 5.29. The Morgan fingerprint density at radius 2 is 2.26 bits per heavy atom. The number of rotatable bonds is 2. The van der Waals surface area contributed by atoms with E-state index in [-0.39, 0.29) is 11.8 Å². The minimum absolute atomic E-state index is 0.103. The zero-order valence-corrected chi connectivity index (χ0v) is 11.0. The summed E-state index contributed by atoms with van der Waals surface area (Å²) in [6.45, 7) is 0. The van der Waals surface area contributed by atoms with Crippen molar-refractivity contribution in [1.82, 2.24) is 5.16 Å². The molecule has 0 unspecified atom stereocenters. The van der Waals surface area contributed by atoms with Crippen molar-refractivity contribution in [3.05, 3.63) is 41.1 Å². The van der Waals surface area contributed by atoms with Gasteiger partial charge < -0.3 is 13.7 Å². The van der Waals surface area contributed by atoms with Gasteiger partial charge in [-0.25, -0.2) is 4.79 Å². The van der Waals surface area contributed by atoms with E-state index in [2.05, 4.69) is 26.4 Å². The minimum Gasteiger partial charge on any atom is -0.434 e. The van der Waals surface area contributed by atoms with Crippen molar-refractivity contribution in [2.45, 2.75) is 0 Å². The number of halogens is 1. The molecule has 0 aliphatic heterocycles. The van der Waals surface area contributed by atoms with Crippen LogP contribution in [0.4, 0.5) is 10.6 Å². The lowest BCUT2D eigenvalue weighted by molar-refractivity contribution is 0.202. The normalized spacial score (nSPS) is 10.6. The Labute approximate surface area is 115 Å². The maximum absolute atomic E-state index is 11.6. The lowest BCUT2D eigenvalue weighted by Crippen LogP contribution is -2.16. The molecule has 7 heteroatoms. The molecule has 0 saturated heterocycles. The standard InChI is InChI=1S/C12H7BrN2O4/c13-7-3-4-9-8(6-7)11(15-19-9)14-12(16)18-10-2-1-5-17-10/h1-6H,(H,14,15,16). The quantitative estimate of drug-likeness (QED) is 0.776. The Hall–Kier alpha value is -2.28. The van der Waals surface area contributed by atoms with Gasteiger partial charge in [-0.15, -0.1) is 0 Å². The van der Waals surface area contributed by atoms with Crippen LogP contribution in [0.3, 0.4) is 0 Å². The average Bonchev–Trinajstić information content (AvgIpc) is 3.00. The van der Waals surface area contributed by atoms with Crippen LogP contribution in [0.1, 0.15) is 0 Å². The summed E-state index contributed by atoms with van der Waals surface area (Å²) in [5.74, 6) is 0.388. The molecule has 19 heavy (non-hydrogen) atoms. The molecular formula is C12H7BrN2O4. The van der Waals surface area contributed by atoms with Gasteiger partial charge in [0.1, 0.15) is 0 Å². The molecule has 96 valence electrons. The molecule has 1 N–H and O–H groups in total. The fourth-order valence-electron chi connectivity index (χ4n) is 1.54. The summed E-state index contributed by atoms with van der Waals surface area (Å²) >= 11 is 3.34. The Morgan fingerprint density at radius 1 is 1.37 bits per heavy atom. The van der Waals surface area contributed by atoms with Gasteiger partial charge >= 0.3 is 6.09 Å². The third kappa shape index (κ3) is 2.45. The minimum atomic E-state index is -0.704. The smallest absolute Gasteiger partial charge is 0.420 e. The van der Waals surface area contributed by atoms with Crippen LogP contribution in [-0.4, -0.2) is 11.2 Å². The molecule has 2 heterocycles. The fraction of sp³-hybridized carbons (Fsp3) is 0. The highest BCUT2D eigenvalue weighted by molar-refractivity contribution is 9.10. The molecule has 0 spiro atoms. The predicted octanol–water partition coefficient (Wildman–Crippen LogP) is 3.79. The SMILES string of the molecule is O=C(Nc1noc2ccc(Br)cc12)Oc1ccco1. The molecule has 6 nitrogen and oxygen atoms in total. The summed E-state index contributed by atoms with van der Waals surface area (Å²) in [7, 11) is 0. The van der Waals surface area contributed by atoms with Crippen LogP contribution in [0.25, 0.3) is 11.0 Å². The number of ether oxygens (including phenoxy) is 1. The first-order valence-corrected chi connectivity index (χ1v) is 6.09. The molecule has 0 atom stereocenters. The number of nitrogens with zero attached hydrogens (tertiary/aromatic N) is 1. The molecule has 3 aromatic rings. The molecule has 0 aliphatic rings. The number of benzene rings is 1. The number of anilines is 1. The van der Waals surface area contributed by atoms with E-state index in [4.69, 9.17) is 13.7 Å². The van der Waals surface area contributed by atoms with Gasteiger partial charge in [0.15, 0.2) is 11.4 Å². The maximum Gasteiger partial charge on any atom is 0.420 e. The largest absolute Gasteiger partial charge is 0.434 e. The number of nitrogens with one attached hydrogen (secondary N) is 1. The lowest BCUT2D eigenvalue weighted by atomic mass is 10.2. The van der Waals surface area contributed by atoms with Crippen LogP contribution >= 0.6 is 15.9 Å². The number of carbonyl (C=O) groups excluding carboxylic acids is 1. The number of hydrogen-bond donors (Lipinski definition) is 1. The molecule has 1 amide bonds. The van der Waals surface area contributed by atoms with Gasteiger partial charge in [-0.1, -0.05) is 21.1 Å². The summed E-state index contributed by atoms with van der Waals surface area (Å²) in [6.07, 6.45) is 0.704. The summed E-state index contributed by atoms with van der Waals surface area (Å²) in [4.78, 5) is 11.6. The van der Waals surface area contributed by atoms with Gasteiger partial charge in [-0.3, -0.25) is 5.32 Å². The molecule has 0 radical (unpaired) electrons. The molecule has 0 fully saturated rings. The number of fused-ring (bicyclic) bond motifs is 1. The van der Waals surface area contributed by atoms with Gasteiger partial charge in [-0.05, 0) is 24.3 Å². The Bertz CT molecular complexity index is 720. The zero-order chi connectivity index (χ0) is 13.2. The summed E-state index contributed by atoms with van der Waals surface area (Å²) in [6, 6.07) is 8.49. The Kier molecular flexibility index (Phi) is 2.96. The predicted molar refractivity (Wildman–Crippen MR) is 70.1 cm³/mol. The van der Waals surface area contributed by atoms with Crippen LogP contribution in [0.15, 0.2) is 50.0 Å². The summed E-state index contributed by atoms with van der Waals surface area (Å²) < 4.78 is 15.7. The van der Waals surface area contributed by atoms with Crippen molar-refractivity contribution in [3.63, 3.8) is 0 Å². The van der Waals surface area contributed by atoms with E-state index in [0.29, 0.717) is 11.0 Å². The third-order valence-corrected chi connectivity index (χ3v) is 2.83. The highest BCUT2D eigenvalue weighted by Crippen LogP contribution is 2.26. The van der Waals surface area contributed by atoms with Crippen molar-refractivity contribution in [2.24, 2.45) is 0 Å². The van der Waals surface area contributed by atoms with E-state index in [1.807, 2.05) is 6.07 Å². The molecule has 1 aromatic carbocycles. The molecular weight excluding hydrogens is 316 g/mol. The van der Waals surface area contributed by atoms with E-state index in [9.17, 15) is 4.79 Å². The molecule has 0 saturated carbocycles. The Balaban J connectivity index is 1.81. The molecule has 3 rings (SSSR count). The first kappa shape index (κ1) is 11.8. The van der Waals surface area contributed by atoms with Crippen molar-refractivity contribution in [1.29, 1.82) is 0 Å². The summed E-state index contributed by atoms with van der Waals surface area (Å²) in [5, 5.41) is 6.92. The van der Waals surface area contributed by atoms with Crippen LogP contribution in [-0.2, 0) is 0 Å². The van der Waals surface area contributed by atoms with Crippen molar-refractivity contribution < 1.29 is 18.5 Å². The topological polar surface area (TPSA) is 77.5 Å². The first-order chi connectivity index (χ1) is 9.22. The second kappa shape index (κ2) is 4.77. The fourth-order valence-corrected chi connectivity index (χ4v) is 1.90. The highest BCUT2D eigenvalue weighted by Gasteiger charge is 2.13. The van der Waals surface area contributed by atoms with E-state index in [1.54, 1.807) is 18.2 Å². The van der Waals surface area contributed by atoms with Crippen molar-refractivity contribution >= 4 is 38.8 Å². The average molecular weight is 323 g/mol. The van der Waals surface area contributed by atoms with E-state index in [0.717, 1.165) is 4.47 Å². The monoisotopic (exact) mass is 322 g/mol. The zero-order valence-electron chi connectivity index (χ0n) is 9.42. The van der Waals surface area contributed by atoms with Gasteiger partial charge in [-0.2, -0.15) is 0 Å². The van der Waals surface area contributed by atoms with Crippen LogP contribution < -0.4 is 10.1 Å². The molecule has 2 aromatic heterocycles. The summed E-state index contributed by atoms with van der Waals surface area (Å²) in [5.41, 5.74) is 0.566. The van der Waals surface area contributed by atoms with Crippen LogP contribution in [0.2, 0.25) is 0 Å². The third-order valence-electron chi connectivity index (χ3n) is 2.34. The van der Waals surface area contributed by atoms with Crippen LogP contribution in [0, 0.1) is 0 Å². The van der Waals surface area contributed by atoms with Crippen molar-refractivity contribution in [3.8, 4) is 5.95 Å². The second-order valence-corrected chi connectivity index (χ2v) is 4.53. The number of hydrogen-bond acceptors (Lipinski definition) is 5. The highest BCUT2D eigenvalue weighted by atomic mass is 79.9. The maximum atomic E-state index is 11.6. The molecule has 0 aliphatic carbocycles. The number of furan rings is 1. The van der Waals surface area contributed by atoms with Crippen molar-refractivity contribution in [2.75, 3.05) is 5.32 Å². The number of amides is 1.